The topological polar surface area (TPSA) is 178 Å². The minimum absolute atomic E-state index is 0.112. The third-order valence-electron chi connectivity index (χ3n) is 6.99. The lowest BCUT2D eigenvalue weighted by molar-refractivity contribution is -0.149. The third kappa shape index (κ3) is 6.62. The van der Waals surface area contributed by atoms with E-state index in [0.717, 1.165) is 22.0 Å². The van der Waals surface area contributed by atoms with Crippen LogP contribution in [0.4, 0.5) is 0 Å². The monoisotopic (exact) mass is 535 g/mol. The van der Waals surface area contributed by atoms with Gasteiger partial charge in [-0.05, 0) is 36.5 Å². The standard InChI is InChI=1S/C28H33N5O6/c29-20(14-18-15-30-21-10-5-4-9-19(18)21)25(35)32-23(16-34)26(36)31-22(13-17-7-2-1-3-8-17)27(37)33-12-6-11-24(33)28(38)39/h1-5,7-10,15,20,22-24,30,34H,6,11-14,16,29H2,(H,31,36)(H,32,35)(H,38,39). The number of aliphatic hydroxyl groups is 1. The van der Waals surface area contributed by atoms with Gasteiger partial charge in [0.15, 0.2) is 0 Å². The fourth-order valence-electron chi connectivity index (χ4n) is 4.91. The quantitative estimate of drug-likeness (QED) is 0.205. The first kappa shape index (κ1) is 27.8. The second-order valence-electron chi connectivity index (χ2n) is 9.69. The molecular formula is C28H33N5O6. The molecule has 1 aromatic heterocycles. The van der Waals surface area contributed by atoms with Crippen LogP contribution in [0.2, 0.25) is 0 Å². The number of nitrogens with zero attached hydrogens (tertiary/aromatic N) is 1. The largest absolute Gasteiger partial charge is 0.480 e. The molecule has 2 aromatic carbocycles. The van der Waals surface area contributed by atoms with Crippen molar-refractivity contribution in [1.82, 2.24) is 20.5 Å². The maximum absolute atomic E-state index is 13.4. The van der Waals surface area contributed by atoms with Crippen LogP contribution in [0.5, 0.6) is 0 Å². The van der Waals surface area contributed by atoms with Crippen LogP contribution < -0.4 is 16.4 Å². The molecule has 0 aliphatic carbocycles. The number of amides is 3. The minimum atomic E-state index is -1.36. The Morgan fingerprint density at radius 2 is 1.67 bits per heavy atom. The Labute approximate surface area is 225 Å². The summed E-state index contributed by atoms with van der Waals surface area (Å²) < 4.78 is 0. The Morgan fingerprint density at radius 3 is 2.38 bits per heavy atom. The lowest BCUT2D eigenvalue weighted by Gasteiger charge is -2.28. The van der Waals surface area contributed by atoms with E-state index in [0.29, 0.717) is 12.8 Å². The second kappa shape index (κ2) is 12.5. The van der Waals surface area contributed by atoms with Crippen LogP contribution in [0.3, 0.4) is 0 Å². The van der Waals surface area contributed by atoms with E-state index in [1.807, 2.05) is 30.3 Å². The van der Waals surface area contributed by atoms with Gasteiger partial charge < -0.3 is 36.5 Å². The molecule has 0 saturated carbocycles. The van der Waals surface area contributed by atoms with Crippen molar-refractivity contribution in [2.45, 2.75) is 49.9 Å². The lowest BCUT2D eigenvalue weighted by atomic mass is 10.0. The number of nitrogens with two attached hydrogens (primary N) is 1. The van der Waals surface area contributed by atoms with Gasteiger partial charge in [0.25, 0.3) is 0 Å². The van der Waals surface area contributed by atoms with Gasteiger partial charge in [-0.2, -0.15) is 0 Å². The molecule has 4 rings (SSSR count). The van der Waals surface area contributed by atoms with Crippen LogP contribution in [-0.4, -0.2) is 81.1 Å². The first-order valence-corrected chi connectivity index (χ1v) is 12.9. The zero-order valence-corrected chi connectivity index (χ0v) is 21.4. The van der Waals surface area contributed by atoms with Gasteiger partial charge in [-0.25, -0.2) is 4.79 Å². The second-order valence-corrected chi connectivity index (χ2v) is 9.69. The maximum Gasteiger partial charge on any atom is 0.326 e. The number of aromatic nitrogens is 1. The molecule has 0 bridgehead atoms. The summed E-state index contributed by atoms with van der Waals surface area (Å²) in [6, 6.07) is 12.2. The zero-order chi connectivity index (χ0) is 27.9. The van der Waals surface area contributed by atoms with Crippen LogP contribution >= 0.6 is 0 Å². The molecule has 1 aliphatic rings. The summed E-state index contributed by atoms with van der Waals surface area (Å²) in [5, 5.41) is 25.5. The number of carbonyl (C=O) groups excluding carboxylic acids is 3. The molecule has 11 heteroatoms. The number of nitrogens with one attached hydrogen (secondary N) is 3. The number of rotatable bonds is 11. The highest BCUT2D eigenvalue weighted by atomic mass is 16.4. The van der Waals surface area contributed by atoms with Gasteiger partial charge in [0.2, 0.25) is 17.7 Å². The summed E-state index contributed by atoms with van der Waals surface area (Å²) in [7, 11) is 0. The summed E-state index contributed by atoms with van der Waals surface area (Å²) in [4.78, 5) is 55.4. The molecule has 11 nitrogen and oxygen atoms in total. The number of carboxylic acid groups (broad SMARTS) is 1. The zero-order valence-electron chi connectivity index (χ0n) is 21.4. The highest BCUT2D eigenvalue weighted by Gasteiger charge is 2.38. The molecule has 206 valence electrons. The average molecular weight is 536 g/mol. The Bertz CT molecular complexity index is 1330. The molecule has 1 saturated heterocycles. The van der Waals surface area contributed by atoms with Gasteiger partial charge in [-0.15, -0.1) is 0 Å². The van der Waals surface area contributed by atoms with Gasteiger partial charge in [0.05, 0.1) is 12.6 Å². The van der Waals surface area contributed by atoms with E-state index >= 15 is 0 Å². The molecule has 3 amide bonds. The Kier molecular flexibility index (Phi) is 8.95. The predicted octanol–water partition coefficient (Wildman–Crippen LogP) is 0.318. The maximum atomic E-state index is 13.4. The number of aliphatic carboxylic acids is 1. The van der Waals surface area contributed by atoms with E-state index in [1.165, 1.54) is 4.90 Å². The van der Waals surface area contributed by atoms with Gasteiger partial charge in [0.1, 0.15) is 18.1 Å². The predicted molar refractivity (Wildman–Crippen MR) is 143 cm³/mol. The van der Waals surface area contributed by atoms with Crippen molar-refractivity contribution in [2.24, 2.45) is 5.73 Å². The van der Waals surface area contributed by atoms with Crippen LogP contribution in [0.25, 0.3) is 10.9 Å². The molecule has 4 atom stereocenters. The number of benzene rings is 2. The normalized spacial score (nSPS) is 17.4. The van der Waals surface area contributed by atoms with Crippen molar-refractivity contribution in [1.29, 1.82) is 0 Å². The van der Waals surface area contributed by atoms with Gasteiger partial charge >= 0.3 is 5.97 Å². The Balaban J connectivity index is 1.44. The average Bonchev–Trinajstić information content (AvgIpc) is 3.59. The van der Waals surface area contributed by atoms with Gasteiger partial charge in [-0.3, -0.25) is 14.4 Å². The van der Waals surface area contributed by atoms with Crippen molar-refractivity contribution >= 4 is 34.6 Å². The van der Waals surface area contributed by atoms with Crippen LogP contribution in [0.1, 0.15) is 24.0 Å². The molecule has 4 unspecified atom stereocenters. The summed E-state index contributed by atoms with van der Waals surface area (Å²) in [5.41, 5.74) is 8.63. The smallest absolute Gasteiger partial charge is 0.326 e. The van der Waals surface area contributed by atoms with E-state index in [-0.39, 0.29) is 19.4 Å². The highest BCUT2D eigenvalue weighted by molar-refractivity contribution is 5.95. The summed E-state index contributed by atoms with van der Waals surface area (Å²) in [6.07, 6.45) is 2.96. The van der Waals surface area contributed by atoms with Gasteiger partial charge in [-0.1, -0.05) is 48.5 Å². The number of fused-ring (bicyclic) bond motifs is 1. The first-order chi connectivity index (χ1) is 18.8. The molecule has 39 heavy (non-hydrogen) atoms. The van der Waals surface area contributed by atoms with E-state index in [1.54, 1.807) is 30.5 Å². The van der Waals surface area contributed by atoms with Crippen molar-refractivity contribution < 1.29 is 29.4 Å². The number of aliphatic hydroxyl groups excluding tert-OH is 1. The Morgan fingerprint density at radius 1 is 0.974 bits per heavy atom. The summed E-state index contributed by atoms with van der Waals surface area (Å²) in [5.74, 6) is -3.04. The Hall–Kier alpha value is -4.22. The number of hydrogen-bond donors (Lipinski definition) is 6. The molecule has 0 radical (unpaired) electrons. The van der Waals surface area contributed by atoms with E-state index in [9.17, 15) is 29.4 Å². The molecule has 2 heterocycles. The fourth-order valence-corrected chi connectivity index (χ4v) is 4.91. The lowest BCUT2D eigenvalue weighted by Crippen LogP contribution is -2.58. The summed E-state index contributed by atoms with van der Waals surface area (Å²) >= 11 is 0. The number of H-pyrrole nitrogens is 1. The van der Waals surface area contributed by atoms with Crippen molar-refractivity contribution in [2.75, 3.05) is 13.2 Å². The fraction of sp³-hybridized carbons (Fsp3) is 0.357. The van der Waals surface area contributed by atoms with Crippen molar-refractivity contribution in [3.63, 3.8) is 0 Å². The molecular weight excluding hydrogens is 502 g/mol. The van der Waals surface area contributed by atoms with Crippen molar-refractivity contribution in [3.05, 3.63) is 71.9 Å². The number of para-hydroxylation sites is 1. The van der Waals surface area contributed by atoms with E-state index in [2.05, 4.69) is 15.6 Å². The number of carbonyl (C=O) groups is 4. The number of hydrogen-bond acceptors (Lipinski definition) is 6. The molecule has 3 aromatic rings. The van der Waals surface area contributed by atoms with E-state index < -0.39 is 54.5 Å². The first-order valence-electron chi connectivity index (χ1n) is 12.9. The van der Waals surface area contributed by atoms with Gasteiger partial charge in [0, 0.05) is 30.1 Å². The van der Waals surface area contributed by atoms with Crippen LogP contribution in [0.15, 0.2) is 60.8 Å². The SMILES string of the molecule is NC(Cc1c[nH]c2ccccc12)C(=O)NC(CO)C(=O)NC(Cc1ccccc1)C(=O)N1CCCC1C(=O)O. The van der Waals surface area contributed by atoms with E-state index in [4.69, 9.17) is 5.73 Å². The highest BCUT2D eigenvalue weighted by Crippen LogP contribution is 2.20. The number of likely N-dealkylation sites (tertiary alicyclic amines) is 1. The van der Waals surface area contributed by atoms with Crippen LogP contribution in [-0.2, 0) is 32.0 Å². The molecule has 1 aliphatic heterocycles. The van der Waals surface area contributed by atoms with Crippen molar-refractivity contribution in [3.8, 4) is 0 Å². The van der Waals surface area contributed by atoms with Crippen LogP contribution in [0, 0.1) is 0 Å². The molecule has 0 spiro atoms. The molecule has 1 fully saturated rings. The number of aromatic amines is 1. The third-order valence-corrected chi connectivity index (χ3v) is 6.99. The summed E-state index contributed by atoms with van der Waals surface area (Å²) in [6.45, 7) is -0.453. The molecule has 7 N–H and O–H groups in total. The minimum Gasteiger partial charge on any atom is -0.480 e. The number of carboxylic acids is 1.